The van der Waals surface area contributed by atoms with Crippen molar-refractivity contribution in [3.05, 3.63) is 58.9 Å². The van der Waals surface area contributed by atoms with Crippen molar-refractivity contribution >= 4 is 33.8 Å². The number of nitrogens with two attached hydrogens (primary N) is 1. The third-order valence-corrected chi connectivity index (χ3v) is 3.05. The summed E-state index contributed by atoms with van der Waals surface area (Å²) in [7, 11) is 0. The highest BCUT2D eigenvalue weighted by Crippen LogP contribution is 2.27. The predicted octanol–water partition coefficient (Wildman–Crippen LogP) is 2.86. The fraction of sp³-hybridized carbons (Fsp3) is 0. The van der Waals surface area contributed by atoms with Crippen LogP contribution in [-0.4, -0.2) is 14.9 Å². The number of nitrogen functional groups attached to an aromatic ring is 1. The van der Waals surface area contributed by atoms with Crippen molar-refractivity contribution in [1.29, 1.82) is 0 Å². The molecule has 0 atom stereocenters. The Hall–Kier alpha value is -3.22. The van der Waals surface area contributed by atoms with E-state index in [4.69, 9.17) is 5.73 Å². The fourth-order valence-electron chi connectivity index (χ4n) is 2.05. The average Bonchev–Trinajstić information content (AvgIpc) is 2.47. The van der Waals surface area contributed by atoms with Gasteiger partial charge >= 0.3 is 5.69 Å². The molecule has 3 rings (SSSR count). The summed E-state index contributed by atoms with van der Waals surface area (Å²) in [5.74, 6) is 0.317. The molecule has 7 heteroatoms. The van der Waals surface area contributed by atoms with E-state index in [1.165, 1.54) is 12.1 Å². The van der Waals surface area contributed by atoms with E-state index in [1.807, 2.05) is 24.3 Å². The Morgan fingerprint density at radius 1 is 1.19 bits per heavy atom. The van der Waals surface area contributed by atoms with Gasteiger partial charge in [-0.15, -0.1) is 0 Å². The van der Waals surface area contributed by atoms with Crippen LogP contribution >= 0.6 is 0 Å². The van der Waals surface area contributed by atoms with Crippen molar-refractivity contribution in [2.24, 2.45) is 0 Å². The molecular weight excluding hydrogens is 270 g/mol. The first kappa shape index (κ1) is 12.8. The molecule has 0 aliphatic heterocycles. The summed E-state index contributed by atoms with van der Waals surface area (Å²) in [5.41, 5.74) is 6.18. The first-order valence-electron chi connectivity index (χ1n) is 6.16. The van der Waals surface area contributed by atoms with Crippen LogP contribution in [-0.2, 0) is 0 Å². The smallest absolute Gasteiger partial charge is 0.311 e. The first-order valence-corrected chi connectivity index (χ1v) is 6.16. The highest BCUT2D eigenvalue weighted by molar-refractivity contribution is 5.94. The van der Waals surface area contributed by atoms with Crippen LogP contribution in [0.1, 0.15) is 0 Å². The van der Waals surface area contributed by atoms with Crippen LogP contribution in [0.25, 0.3) is 10.8 Å². The Balaban J connectivity index is 1.99. The van der Waals surface area contributed by atoms with Crippen molar-refractivity contribution in [2.45, 2.75) is 0 Å². The predicted molar refractivity (Wildman–Crippen MR) is 80.3 cm³/mol. The summed E-state index contributed by atoms with van der Waals surface area (Å²) in [6.07, 6.45) is 3.46. The van der Waals surface area contributed by atoms with E-state index < -0.39 is 4.92 Å². The molecule has 3 N–H and O–H groups in total. The molecule has 0 unspecified atom stereocenters. The zero-order chi connectivity index (χ0) is 14.8. The lowest BCUT2D eigenvalue weighted by Crippen LogP contribution is -2.01. The molecule has 0 amide bonds. The second-order valence-corrected chi connectivity index (χ2v) is 4.39. The minimum atomic E-state index is -0.562. The SMILES string of the molecule is Nc1nc(Nc2cccc3ccncc23)ccc1[N+](=O)[O-]. The van der Waals surface area contributed by atoms with E-state index in [2.05, 4.69) is 15.3 Å². The van der Waals surface area contributed by atoms with Crippen LogP contribution in [0.4, 0.5) is 23.0 Å². The van der Waals surface area contributed by atoms with Crippen LogP contribution in [0.5, 0.6) is 0 Å². The third-order valence-electron chi connectivity index (χ3n) is 3.05. The molecule has 0 spiro atoms. The number of hydrogen-bond acceptors (Lipinski definition) is 6. The Bertz CT molecular complexity index is 829. The van der Waals surface area contributed by atoms with Gasteiger partial charge < -0.3 is 11.1 Å². The molecule has 21 heavy (non-hydrogen) atoms. The summed E-state index contributed by atoms with van der Waals surface area (Å²) in [6.45, 7) is 0. The number of rotatable bonds is 3. The molecule has 0 radical (unpaired) electrons. The molecule has 2 aromatic heterocycles. The normalized spacial score (nSPS) is 10.5. The van der Waals surface area contributed by atoms with E-state index in [0.717, 1.165) is 16.5 Å². The maximum absolute atomic E-state index is 10.7. The van der Waals surface area contributed by atoms with Gasteiger partial charge in [0.2, 0.25) is 5.82 Å². The molecule has 0 fully saturated rings. The van der Waals surface area contributed by atoms with Crippen LogP contribution in [0.15, 0.2) is 48.8 Å². The average molecular weight is 281 g/mol. The summed E-state index contributed by atoms with van der Waals surface area (Å²) >= 11 is 0. The van der Waals surface area contributed by atoms with Gasteiger partial charge in [-0.25, -0.2) is 4.98 Å². The van der Waals surface area contributed by atoms with Crippen LogP contribution in [0, 0.1) is 10.1 Å². The number of fused-ring (bicyclic) bond motifs is 1. The van der Waals surface area contributed by atoms with Crippen LogP contribution < -0.4 is 11.1 Å². The number of aromatic nitrogens is 2. The Labute approximate surface area is 119 Å². The van der Waals surface area contributed by atoms with Crippen molar-refractivity contribution in [2.75, 3.05) is 11.1 Å². The zero-order valence-electron chi connectivity index (χ0n) is 10.9. The second-order valence-electron chi connectivity index (χ2n) is 4.39. The molecule has 0 bridgehead atoms. The number of pyridine rings is 2. The quantitative estimate of drug-likeness (QED) is 0.564. The zero-order valence-corrected chi connectivity index (χ0v) is 10.9. The van der Waals surface area contributed by atoms with Gasteiger partial charge in [-0.1, -0.05) is 12.1 Å². The number of nitrogens with one attached hydrogen (secondary N) is 1. The summed E-state index contributed by atoms with van der Waals surface area (Å²) in [4.78, 5) is 18.3. The Morgan fingerprint density at radius 2 is 2.05 bits per heavy atom. The minimum absolute atomic E-state index is 0.122. The van der Waals surface area contributed by atoms with Crippen LogP contribution in [0.2, 0.25) is 0 Å². The van der Waals surface area contributed by atoms with E-state index >= 15 is 0 Å². The largest absolute Gasteiger partial charge is 0.378 e. The van der Waals surface area contributed by atoms with E-state index in [9.17, 15) is 10.1 Å². The molecule has 3 aromatic rings. The number of benzene rings is 1. The number of nitro groups is 1. The third kappa shape index (κ3) is 2.44. The Morgan fingerprint density at radius 3 is 2.81 bits per heavy atom. The lowest BCUT2D eigenvalue weighted by atomic mass is 10.1. The monoisotopic (exact) mass is 281 g/mol. The first-order chi connectivity index (χ1) is 10.1. The highest BCUT2D eigenvalue weighted by Gasteiger charge is 2.13. The summed E-state index contributed by atoms with van der Waals surface area (Å²) in [5, 5.41) is 15.8. The maximum atomic E-state index is 10.7. The van der Waals surface area contributed by atoms with E-state index in [-0.39, 0.29) is 11.5 Å². The molecule has 0 saturated carbocycles. The van der Waals surface area contributed by atoms with Gasteiger partial charge in [0.1, 0.15) is 5.82 Å². The number of anilines is 3. The molecule has 2 heterocycles. The van der Waals surface area contributed by atoms with Gasteiger partial charge in [0.05, 0.1) is 4.92 Å². The molecule has 0 aliphatic carbocycles. The van der Waals surface area contributed by atoms with Gasteiger partial charge in [-0.2, -0.15) is 0 Å². The van der Waals surface area contributed by atoms with Crippen molar-refractivity contribution < 1.29 is 4.92 Å². The molecule has 0 saturated heterocycles. The molecular formula is C14H11N5O2. The van der Waals surface area contributed by atoms with Gasteiger partial charge in [0.15, 0.2) is 0 Å². The molecule has 0 aliphatic rings. The molecule has 7 nitrogen and oxygen atoms in total. The van der Waals surface area contributed by atoms with Crippen molar-refractivity contribution in [3.63, 3.8) is 0 Å². The van der Waals surface area contributed by atoms with Crippen molar-refractivity contribution in [1.82, 2.24) is 9.97 Å². The minimum Gasteiger partial charge on any atom is -0.378 e. The summed E-state index contributed by atoms with van der Waals surface area (Å²) < 4.78 is 0. The second kappa shape index (κ2) is 5.04. The fourth-order valence-corrected chi connectivity index (χ4v) is 2.05. The lowest BCUT2D eigenvalue weighted by molar-refractivity contribution is -0.384. The maximum Gasteiger partial charge on any atom is 0.311 e. The van der Waals surface area contributed by atoms with Gasteiger partial charge in [0.25, 0.3) is 0 Å². The highest BCUT2D eigenvalue weighted by atomic mass is 16.6. The lowest BCUT2D eigenvalue weighted by Gasteiger charge is -2.09. The topological polar surface area (TPSA) is 107 Å². The van der Waals surface area contributed by atoms with Gasteiger partial charge in [0, 0.05) is 29.5 Å². The van der Waals surface area contributed by atoms with Gasteiger partial charge in [-0.05, 0) is 23.6 Å². The van der Waals surface area contributed by atoms with E-state index in [1.54, 1.807) is 12.4 Å². The summed E-state index contributed by atoms with van der Waals surface area (Å²) in [6, 6.07) is 10.5. The van der Waals surface area contributed by atoms with Crippen LogP contribution in [0.3, 0.4) is 0 Å². The Kier molecular flexibility index (Phi) is 3.07. The van der Waals surface area contributed by atoms with Gasteiger partial charge in [-0.3, -0.25) is 15.1 Å². The van der Waals surface area contributed by atoms with E-state index in [0.29, 0.717) is 5.82 Å². The standard InChI is InChI=1S/C14H11N5O2/c15-14-12(19(20)21)4-5-13(18-14)17-11-3-1-2-9-6-7-16-8-10(9)11/h1-8H,(H3,15,17,18). The molecule has 104 valence electrons. The van der Waals surface area contributed by atoms with Crippen molar-refractivity contribution in [3.8, 4) is 0 Å². The molecule has 1 aromatic carbocycles. The number of hydrogen-bond donors (Lipinski definition) is 2. The number of nitrogens with zero attached hydrogens (tertiary/aromatic N) is 3.